The topological polar surface area (TPSA) is 61.8 Å². The summed E-state index contributed by atoms with van der Waals surface area (Å²) in [5.41, 5.74) is 6.92. The molecule has 2 aliphatic rings. The number of aliphatic hydroxyl groups is 1. The summed E-state index contributed by atoms with van der Waals surface area (Å²) in [5, 5.41) is 14.1. The highest BCUT2D eigenvalue weighted by Crippen LogP contribution is 2.37. The van der Waals surface area contributed by atoms with E-state index in [0.717, 1.165) is 28.4 Å². The molecular weight excluding hydrogens is 798 g/mol. The molecule has 2 unspecified atom stereocenters. The van der Waals surface area contributed by atoms with Crippen molar-refractivity contribution in [3.63, 3.8) is 0 Å². The molecule has 5 nitrogen and oxygen atoms in total. The lowest BCUT2D eigenvalue weighted by atomic mass is 10.1. The predicted octanol–water partition coefficient (Wildman–Crippen LogP) is 11.2. The summed E-state index contributed by atoms with van der Waals surface area (Å²) >= 11 is 30.2. The molecule has 2 N–H and O–H groups in total. The number of rotatable bonds is 5. The van der Waals surface area contributed by atoms with Crippen LogP contribution in [-0.4, -0.2) is 30.2 Å². The zero-order valence-electron chi connectivity index (χ0n) is 25.3. The third-order valence-corrected chi connectivity index (χ3v) is 9.69. The van der Waals surface area contributed by atoms with Crippen LogP contribution in [0.15, 0.2) is 81.7 Å². The van der Waals surface area contributed by atoms with Gasteiger partial charge in [0.25, 0.3) is 0 Å². The van der Waals surface area contributed by atoms with Gasteiger partial charge in [-0.15, -0.1) is 0 Å². The van der Waals surface area contributed by atoms with Gasteiger partial charge in [0, 0.05) is 42.1 Å². The molecule has 1 amide bonds. The molecule has 46 heavy (non-hydrogen) atoms. The highest BCUT2D eigenvalue weighted by Gasteiger charge is 2.29. The fraction of sp³-hybridized carbons (Fsp3) is 0.286. The molecule has 0 saturated carbocycles. The number of ether oxygens (including phenoxy) is 1. The lowest BCUT2D eigenvalue weighted by Crippen LogP contribution is -2.30. The molecule has 0 heterocycles. The minimum absolute atomic E-state index is 0.0275. The number of carbonyl (C=O) groups is 1. The Labute approximate surface area is 307 Å². The number of nitrogens with zero attached hydrogens (tertiary/aromatic N) is 1. The van der Waals surface area contributed by atoms with Crippen LogP contribution in [-0.2, 0) is 30.8 Å². The quantitative estimate of drug-likeness (QED) is 0.210. The zero-order valence-corrected chi connectivity index (χ0v) is 31.5. The first-order chi connectivity index (χ1) is 22.0. The van der Waals surface area contributed by atoms with Gasteiger partial charge in [-0.2, -0.15) is 0 Å². The van der Waals surface area contributed by atoms with Crippen molar-refractivity contribution < 1.29 is 14.6 Å². The first-order valence-corrected chi connectivity index (χ1v) is 17.7. The number of nitrogens with one attached hydrogen (secondary N) is 1. The molecule has 2 atom stereocenters. The van der Waals surface area contributed by atoms with E-state index in [0.29, 0.717) is 26.1 Å². The molecule has 0 radical (unpaired) electrons. The van der Waals surface area contributed by atoms with Crippen molar-refractivity contribution in [1.82, 2.24) is 10.2 Å². The van der Waals surface area contributed by atoms with Crippen LogP contribution in [0.25, 0.3) is 0 Å². The zero-order chi connectivity index (χ0) is 33.4. The van der Waals surface area contributed by atoms with E-state index in [1.807, 2.05) is 13.1 Å². The van der Waals surface area contributed by atoms with Crippen molar-refractivity contribution >= 4 is 84.4 Å². The summed E-state index contributed by atoms with van der Waals surface area (Å²) in [6, 6.07) is 23.5. The molecule has 0 saturated heterocycles. The number of benzene rings is 4. The largest absolute Gasteiger partial charge is 0.445 e. The van der Waals surface area contributed by atoms with Crippen LogP contribution in [0.3, 0.4) is 0 Å². The maximum Gasteiger partial charge on any atom is 0.410 e. The molecule has 0 spiro atoms. The summed E-state index contributed by atoms with van der Waals surface area (Å²) in [6.07, 6.45) is 3.97. The fourth-order valence-electron chi connectivity index (χ4n) is 5.60. The molecule has 0 aromatic heterocycles. The third-order valence-electron chi connectivity index (χ3n) is 7.83. The van der Waals surface area contributed by atoms with Gasteiger partial charge in [-0.25, -0.2) is 4.79 Å². The van der Waals surface area contributed by atoms with Gasteiger partial charge in [-0.1, -0.05) is 90.4 Å². The van der Waals surface area contributed by atoms with E-state index < -0.39 is 0 Å². The second-order valence-corrected chi connectivity index (χ2v) is 14.6. The van der Waals surface area contributed by atoms with Crippen molar-refractivity contribution in [1.29, 1.82) is 0 Å². The Hall–Kier alpha value is -1.81. The number of aryl methyl sites for hydroxylation is 2. The van der Waals surface area contributed by atoms with Crippen LogP contribution in [0.5, 0.6) is 0 Å². The van der Waals surface area contributed by atoms with Crippen molar-refractivity contribution in [2.24, 2.45) is 0 Å². The van der Waals surface area contributed by atoms with E-state index in [2.05, 4.69) is 67.5 Å². The van der Waals surface area contributed by atoms with Gasteiger partial charge in [0.15, 0.2) is 0 Å². The van der Waals surface area contributed by atoms with E-state index in [1.165, 1.54) is 39.6 Å². The van der Waals surface area contributed by atoms with Gasteiger partial charge in [0.1, 0.15) is 6.61 Å². The normalized spacial score (nSPS) is 15.9. The van der Waals surface area contributed by atoms with E-state index in [4.69, 9.17) is 56.2 Å². The molecular formula is C35H34Br2Cl4N2O3. The van der Waals surface area contributed by atoms with Crippen LogP contribution in [0.1, 0.15) is 58.3 Å². The van der Waals surface area contributed by atoms with E-state index in [-0.39, 0.29) is 25.3 Å². The second-order valence-electron chi connectivity index (χ2n) is 11.0. The monoisotopic (exact) mass is 828 g/mol. The number of hydrogen-bond donors (Lipinski definition) is 2. The smallest absolute Gasteiger partial charge is 0.410 e. The Morgan fingerprint density at radius 2 is 1.30 bits per heavy atom. The van der Waals surface area contributed by atoms with Crippen LogP contribution >= 0.6 is 78.3 Å². The Morgan fingerprint density at radius 3 is 1.85 bits per heavy atom. The first kappa shape index (κ1) is 37.0. The summed E-state index contributed by atoms with van der Waals surface area (Å²) in [6.45, 7) is 0.113. The van der Waals surface area contributed by atoms with Gasteiger partial charge < -0.3 is 20.1 Å². The van der Waals surface area contributed by atoms with Crippen molar-refractivity contribution in [2.75, 3.05) is 14.1 Å². The molecule has 244 valence electrons. The minimum Gasteiger partial charge on any atom is -0.445 e. The lowest BCUT2D eigenvalue weighted by molar-refractivity contribution is 0.0909. The van der Waals surface area contributed by atoms with E-state index in [1.54, 1.807) is 48.3 Å². The standard InChI is InChI=1S/C18H16BrCl2NO2.C10H12BrN.C7H6Cl2O/c1-22(17-5-3-12-2-4-13(19)8-16(12)17)18(23)24-10-11-6-14(20)9-15(21)7-11;1-12-10-5-3-7-2-4-8(11)6-9(7)10;8-6-1-5(4-10)2-7(9)3-6/h2,4,6-9,17H,3,5,10H2,1H3;2,4,6,10,12H,3,5H2,1H3;1-3,10H,4H2. The average Bonchev–Trinajstić information content (AvgIpc) is 3.62. The summed E-state index contributed by atoms with van der Waals surface area (Å²) in [5.74, 6) is 0. The molecule has 2 aliphatic carbocycles. The number of aliphatic hydroxyl groups excluding tert-OH is 1. The maximum absolute atomic E-state index is 12.4. The average molecular weight is 832 g/mol. The van der Waals surface area contributed by atoms with Gasteiger partial charge in [-0.05, 0) is 127 Å². The lowest BCUT2D eigenvalue weighted by Gasteiger charge is -2.25. The molecule has 4 aromatic rings. The van der Waals surface area contributed by atoms with Crippen molar-refractivity contribution in [3.8, 4) is 0 Å². The Bertz CT molecular complexity index is 1630. The number of carbonyl (C=O) groups excluding carboxylic acids is 1. The van der Waals surface area contributed by atoms with Crippen molar-refractivity contribution in [2.45, 2.75) is 51.0 Å². The van der Waals surface area contributed by atoms with Crippen LogP contribution in [0.2, 0.25) is 20.1 Å². The Kier molecular flexibility index (Phi) is 14.1. The van der Waals surface area contributed by atoms with Crippen LogP contribution in [0, 0.1) is 0 Å². The van der Waals surface area contributed by atoms with Gasteiger partial charge >= 0.3 is 6.09 Å². The number of amides is 1. The summed E-state index contributed by atoms with van der Waals surface area (Å²) < 4.78 is 7.62. The highest BCUT2D eigenvalue weighted by molar-refractivity contribution is 9.10. The second kappa shape index (κ2) is 17.5. The SMILES string of the molecule is CN(C(=O)OCc1cc(Cl)cc(Cl)c1)C1CCc2ccc(Br)cc21.CNC1CCc2ccc(Br)cc21.OCc1cc(Cl)cc(Cl)c1. The van der Waals surface area contributed by atoms with Crippen LogP contribution < -0.4 is 5.32 Å². The van der Waals surface area contributed by atoms with Gasteiger partial charge in [0.05, 0.1) is 12.6 Å². The van der Waals surface area contributed by atoms with Gasteiger partial charge in [0.2, 0.25) is 0 Å². The van der Waals surface area contributed by atoms with E-state index in [9.17, 15) is 4.79 Å². The highest BCUT2D eigenvalue weighted by atomic mass is 79.9. The molecule has 6 rings (SSSR count). The predicted molar refractivity (Wildman–Crippen MR) is 196 cm³/mol. The first-order valence-electron chi connectivity index (χ1n) is 14.6. The number of hydrogen-bond acceptors (Lipinski definition) is 4. The maximum atomic E-state index is 12.4. The number of fused-ring (bicyclic) bond motifs is 2. The molecule has 4 aromatic carbocycles. The Balaban J connectivity index is 0.000000181. The Morgan fingerprint density at radius 1 is 0.804 bits per heavy atom. The minimum atomic E-state index is -0.357. The summed E-state index contributed by atoms with van der Waals surface area (Å²) in [4.78, 5) is 14.1. The number of halogens is 6. The van der Waals surface area contributed by atoms with Gasteiger partial charge in [-0.3, -0.25) is 0 Å². The van der Waals surface area contributed by atoms with Crippen LogP contribution in [0.4, 0.5) is 4.79 Å². The third kappa shape index (κ3) is 10.3. The van der Waals surface area contributed by atoms with E-state index >= 15 is 0 Å². The fourth-order valence-corrected chi connectivity index (χ4v) is 7.50. The molecule has 11 heteroatoms. The molecule has 0 fully saturated rings. The van der Waals surface area contributed by atoms with Crippen molar-refractivity contribution in [3.05, 3.63) is 135 Å². The molecule has 0 bridgehead atoms. The molecule has 0 aliphatic heterocycles. The summed E-state index contributed by atoms with van der Waals surface area (Å²) in [7, 11) is 3.80.